The van der Waals surface area contributed by atoms with E-state index in [-0.39, 0.29) is 0 Å². The van der Waals surface area contributed by atoms with E-state index < -0.39 is 0 Å². The fraction of sp³-hybridized carbons (Fsp3) is 1.00. The SMILES string of the molecule is CC(C)CCC(C)N1CCC(NC(C)C)C1. The maximum absolute atomic E-state index is 3.65. The van der Waals surface area contributed by atoms with Crippen LogP contribution < -0.4 is 5.32 Å². The molecule has 0 spiro atoms. The highest BCUT2D eigenvalue weighted by molar-refractivity contribution is 4.84. The average molecular weight is 226 g/mol. The van der Waals surface area contributed by atoms with Crippen LogP contribution in [0.2, 0.25) is 0 Å². The molecule has 96 valence electrons. The first-order valence-corrected chi connectivity index (χ1v) is 6.99. The molecule has 2 unspecified atom stereocenters. The zero-order valence-corrected chi connectivity index (χ0v) is 11.8. The maximum atomic E-state index is 3.65. The van der Waals surface area contributed by atoms with Crippen molar-refractivity contribution in [2.45, 2.75) is 72.0 Å². The molecule has 1 aliphatic heterocycles. The van der Waals surface area contributed by atoms with Crippen LogP contribution in [0.4, 0.5) is 0 Å². The molecule has 0 amide bonds. The fourth-order valence-electron chi connectivity index (χ4n) is 2.55. The second-order valence-electron chi connectivity index (χ2n) is 6.12. The summed E-state index contributed by atoms with van der Waals surface area (Å²) in [6.45, 7) is 14.0. The van der Waals surface area contributed by atoms with Crippen molar-refractivity contribution in [1.29, 1.82) is 0 Å². The molecule has 2 nitrogen and oxygen atoms in total. The number of nitrogens with one attached hydrogen (secondary N) is 1. The molecule has 0 aromatic rings. The molecule has 0 aromatic heterocycles. The van der Waals surface area contributed by atoms with Gasteiger partial charge in [0.2, 0.25) is 0 Å². The molecule has 16 heavy (non-hydrogen) atoms. The summed E-state index contributed by atoms with van der Waals surface area (Å²) in [5, 5.41) is 3.65. The standard InChI is InChI=1S/C14H30N2/c1-11(2)6-7-13(5)16-9-8-14(10-16)15-12(3)4/h11-15H,6-10H2,1-5H3. The molecule has 1 aliphatic rings. The Balaban J connectivity index is 2.23. The van der Waals surface area contributed by atoms with Gasteiger partial charge in [-0.05, 0) is 32.1 Å². The van der Waals surface area contributed by atoms with Gasteiger partial charge in [-0.15, -0.1) is 0 Å². The summed E-state index contributed by atoms with van der Waals surface area (Å²) in [5.74, 6) is 0.842. The maximum Gasteiger partial charge on any atom is 0.0209 e. The lowest BCUT2D eigenvalue weighted by Gasteiger charge is -2.25. The largest absolute Gasteiger partial charge is 0.310 e. The van der Waals surface area contributed by atoms with Crippen molar-refractivity contribution in [3.63, 3.8) is 0 Å². The molecule has 2 atom stereocenters. The van der Waals surface area contributed by atoms with E-state index in [1.54, 1.807) is 0 Å². The first kappa shape index (κ1) is 14.0. The molecule has 1 saturated heterocycles. The van der Waals surface area contributed by atoms with Crippen LogP contribution in [0.3, 0.4) is 0 Å². The Labute approximate surface area is 102 Å². The summed E-state index contributed by atoms with van der Waals surface area (Å²) in [5.41, 5.74) is 0. The molecule has 0 saturated carbocycles. The van der Waals surface area contributed by atoms with Crippen LogP contribution in [0.5, 0.6) is 0 Å². The van der Waals surface area contributed by atoms with E-state index in [2.05, 4.69) is 44.8 Å². The van der Waals surface area contributed by atoms with E-state index >= 15 is 0 Å². The van der Waals surface area contributed by atoms with Crippen LogP contribution in [-0.4, -0.2) is 36.1 Å². The molecule has 2 heteroatoms. The molecule has 0 aliphatic carbocycles. The zero-order valence-electron chi connectivity index (χ0n) is 11.8. The lowest BCUT2D eigenvalue weighted by molar-refractivity contribution is 0.230. The first-order chi connectivity index (χ1) is 7.49. The smallest absolute Gasteiger partial charge is 0.0209 e. The summed E-state index contributed by atoms with van der Waals surface area (Å²) in [4.78, 5) is 2.66. The molecule has 1 fully saturated rings. The van der Waals surface area contributed by atoms with E-state index in [0.29, 0.717) is 6.04 Å². The Morgan fingerprint density at radius 1 is 1.12 bits per heavy atom. The molecular weight excluding hydrogens is 196 g/mol. The lowest BCUT2D eigenvalue weighted by atomic mass is 10.0. The van der Waals surface area contributed by atoms with Crippen LogP contribution in [-0.2, 0) is 0 Å². The lowest BCUT2D eigenvalue weighted by Crippen LogP contribution is -2.39. The average Bonchev–Trinajstić information content (AvgIpc) is 2.61. The highest BCUT2D eigenvalue weighted by Gasteiger charge is 2.25. The van der Waals surface area contributed by atoms with Gasteiger partial charge in [-0.2, -0.15) is 0 Å². The third kappa shape index (κ3) is 4.84. The second-order valence-corrected chi connectivity index (χ2v) is 6.12. The first-order valence-electron chi connectivity index (χ1n) is 6.99. The highest BCUT2D eigenvalue weighted by Crippen LogP contribution is 2.18. The minimum atomic E-state index is 0.621. The summed E-state index contributed by atoms with van der Waals surface area (Å²) in [6, 6.07) is 2.11. The van der Waals surface area contributed by atoms with Gasteiger partial charge in [0.05, 0.1) is 0 Å². The van der Waals surface area contributed by atoms with Crippen LogP contribution in [0, 0.1) is 5.92 Å². The van der Waals surface area contributed by atoms with Crippen molar-refractivity contribution < 1.29 is 0 Å². The van der Waals surface area contributed by atoms with Crippen molar-refractivity contribution in [3.05, 3.63) is 0 Å². The van der Waals surface area contributed by atoms with Gasteiger partial charge < -0.3 is 5.32 Å². The van der Waals surface area contributed by atoms with Crippen LogP contribution in [0.1, 0.15) is 53.9 Å². The predicted octanol–water partition coefficient (Wildman–Crippen LogP) is 2.88. The molecule has 1 heterocycles. The molecular formula is C14H30N2. The van der Waals surface area contributed by atoms with E-state index in [4.69, 9.17) is 0 Å². The third-order valence-corrected chi connectivity index (χ3v) is 3.57. The molecule has 1 N–H and O–H groups in total. The summed E-state index contributed by atoms with van der Waals surface area (Å²) in [7, 11) is 0. The van der Waals surface area contributed by atoms with Gasteiger partial charge in [-0.1, -0.05) is 27.7 Å². The molecule has 0 bridgehead atoms. The summed E-state index contributed by atoms with van der Waals surface area (Å²) in [6.07, 6.45) is 4.04. The van der Waals surface area contributed by atoms with Gasteiger partial charge in [-0.3, -0.25) is 4.90 Å². The van der Waals surface area contributed by atoms with Crippen molar-refractivity contribution in [3.8, 4) is 0 Å². The predicted molar refractivity (Wildman–Crippen MR) is 71.8 cm³/mol. The second kappa shape index (κ2) is 6.61. The quantitative estimate of drug-likeness (QED) is 0.749. The Kier molecular flexibility index (Phi) is 5.77. The van der Waals surface area contributed by atoms with E-state index in [1.165, 1.54) is 32.4 Å². The van der Waals surface area contributed by atoms with E-state index in [1.807, 2.05) is 0 Å². The Hall–Kier alpha value is -0.0800. The van der Waals surface area contributed by atoms with E-state index in [9.17, 15) is 0 Å². The normalized spacial score (nSPS) is 24.6. The Morgan fingerprint density at radius 3 is 2.38 bits per heavy atom. The zero-order chi connectivity index (χ0) is 12.1. The Bertz CT molecular complexity index is 189. The number of hydrogen-bond acceptors (Lipinski definition) is 2. The number of nitrogens with zero attached hydrogens (tertiary/aromatic N) is 1. The minimum Gasteiger partial charge on any atom is -0.310 e. The van der Waals surface area contributed by atoms with Crippen molar-refractivity contribution in [2.24, 2.45) is 5.92 Å². The molecule has 1 rings (SSSR count). The fourth-order valence-corrected chi connectivity index (χ4v) is 2.55. The Morgan fingerprint density at radius 2 is 1.81 bits per heavy atom. The highest BCUT2D eigenvalue weighted by atomic mass is 15.2. The van der Waals surface area contributed by atoms with Gasteiger partial charge >= 0.3 is 0 Å². The van der Waals surface area contributed by atoms with Crippen LogP contribution in [0.25, 0.3) is 0 Å². The number of likely N-dealkylation sites (tertiary alicyclic amines) is 1. The minimum absolute atomic E-state index is 0.621. The molecule has 0 radical (unpaired) electrons. The summed E-state index contributed by atoms with van der Waals surface area (Å²) < 4.78 is 0. The van der Waals surface area contributed by atoms with Gasteiger partial charge in [0.1, 0.15) is 0 Å². The monoisotopic (exact) mass is 226 g/mol. The van der Waals surface area contributed by atoms with Crippen molar-refractivity contribution in [2.75, 3.05) is 13.1 Å². The van der Waals surface area contributed by atoms with Gasteiger partial charge in [0, 0.05) is 31.2 Å². The number of hydrogen-bond donors (Lipinski definition) is 1. The van der Waals surface area contributed by atoms with Crippen molar-refractivity contribution in [1.82, 2.24) is 10.2 Å². The van der Waals surface area contributed by atoms with Crippen LogP contribution in [0.15, 0.2) is 0 Å². The van der Waals surface area contributed by atoms with Gasteiger partial charge in [0.15, 0.2) is 0 Å². The summed E-state index contributed by atoms with van der Waals surface area (Å²) >= 11 is 0. The van der Waals surface area contributed by atoms with E-state index in [0.717, 1.165) is 18.0 Å². The van der Waals surface area contributed by atoms with Gasteiger partial charge in [0.25, 0.3) is 0 Å². The van der Waals surface area contributed by atoms with Crippen LogP contribution >= 0.6 is 0 Å². The third-order valence-electron chi connectivity index (χ3n) is 3.57. The topological polar surface area (TPSA) is 15.3 Å². The van der Waals surface area contributed by atoms with Gasteiger partial charge in [-0.25, -0.2) is 0 Å². The number of rotatable bonds is 6. The molecule has 0 aromatic carbocycles. The van der Waals surface area contributed by atoms with Crippen molar-refractivity contribution >= 4 is 0 Å².